The Balaban J connectivity index is 1.77. The summed E-state index contributed by atoms with van der Waals surface area (Å²) < 4.78 is 0. The van der Waals surface area contributed by atoms with Crippen LogP contribution in [0.5, 0.6) is 0 Å². The van der Waals surface area contributed by atoms with E-state index in [1.807, 2.05) is 18.0 Å². The van der Waals surface area contributed by atoms with E-state index in [4.69, 9.17) is 5.26 Å². The highest BCUT2D eigenvalue weighted by Crippen LogP contribution is 2.08. The zero-order valence-corrected chi connectivity index (χ0v) is 12.2. The van der Waals surface area contributed by atoms with Crippen molar-refractivity contribution in [3.63, 3.8) is 0 Å². The van der Waals surface area contributed by atoms with Crippen molar-refractivity contribution in [3.05, 3.63) is 18.1 Å². The fraction of sp³-hybridized carbons (Fsp3) is 0.571. The van der Waals surface area contributed by atoms with Crippen molar-refractivity contribution in [2.45, 2.75) is 12.8 Å². The lowest BCUT2D eigenvalue weighted by atomic mass is 10.3. The van der Waals surface area contributed by atoms with Gasteiger partial charge in [-0.25, -0.2) is 9.97 Å². The Morgan fingerprint density at radius 1 is 1.43 bits per heavy atom. The molecule has 0 radical (unpaired) electrons. The molecule has 0 atom stereocenters. The first-order chi connectivity index (χ1) is 10.2. The highest BCUT2D eigenvalue weighted by molar-refractivity contribution is 5.76. The van der Waals surface area contributed by atoms with Gasteiger partial charge >= 0.3 is 0 Å². The number of hydrogen-bond donors (Lipinski definition) is 1. The van der Waals surface area contributed by atoms with E-state index in [0.717, 1.165) is 32.6 Å². The lowest BCUT2D eigenvalue weighted by molar-refractivity contribution is -0.130. The summed E-state index contributed by atoms with van der Waals surface area (Å²) in [4.78, 5) is 23.9. The van der Waals surface area contributed by atoms with Gasteiger partial charge in [0.2, 0.25) is 5.91 Å². The summed E-state index contributed by atoms with van der Waals surface area (Å²) in [6.45, 7) is 3.94. The average molecular weight is 288 g/mol. The van der Waals surface area contributed by atoms with Crippen LogP contribution in [0.15, 0.2) is 12.5 Å². The number of rotatable bonds is 5. The van der Waals surface area contributed by atoms with Crippen LogP contribution in [-0.2, 0) is 4.79 Å². The molecule has 2 rings (SSSR count). The minimum absolute atomic E-state index is 0.221. The SMILES string of the molecule is CN1CCC(=O)N(CCCNc2ncncc2C#N)CC1. The summed E-state index contributed by atoms with van der Waals surface area (Å²) in [6, 6.07) is 2.05. The molecule has 1 aliphatic heterocycles. The van der Waals surface area contributed by atoms with Crippen LogP contribution in [-0.4, -0.2) is 65.4 Å². The zero-order chi connectivity index (χ0) is 15.1. The molecular weight excluding hydrogens is 268 g/mol. The van der Waals surface area contributed by atoms with Crippen LogP contribution >= 0.6 is 0 Å². The second-order valence-electron chi connectivity index (χ2n) is 5.11. The molecule has 0 saturated carbocycles. The van der Waals surface area contributed by atoms with E-state index >= 15 is 0 Å². The van der Waals surface area contributed by atoms with E-state index in [0.29, 0.717) is 24.3 Å². The molecule has 112 valence electrons. The van der Waals surface area contributed by atoms with Crippen molar-refractivity contribution >= 4 is 11.7 Å². The molecule has 0 spiro atoms. The predicted octanol–water partition coefficient (Wildman–Crippen LogP) is 0.314. The number of aromatic nitrogens is 2. The highest BCUT2D eigenvalue weighted by Gasteiger charge is 2.18. The smallest absolute Gasteiger partial charge is 0.223 e. The maximum Gasteiger partial charge on any atom is 0.223 e. The van der Waals surface area contributed by atoms with Crippen molar-refractivity contribution in [1.82, 2.24) is 19.8 Å². The van der Waals surface area contributed by atoms with Gasteiger partial charge in [0.15, 0.2) is 0 Å². The molecule has 1 aliphatic rings. The number of nitriles is 1. The van der Waals surface area contributed by atoms with Gasteiger partial charge in [-0.1, -0.05) is 0 Å². The number of nitrogens with one attached hydrogen (secondary N) is 1. The van der Waals surface area contributed by atoms with Crippen molar-refractivity contribution in [1.29, 1.82) is 5.26 Å². The second kappa shape index (κ2) is 7.55. The van der Waals surface area contributed by atoms with E-state index in [2.05, 4.69) is 20.2 Å². The Bertz CT molecular complexity index is 526. The van der Waals surface area contributed by atoms with Crippen LogP contribution in [0, 0.1) is 11.3 Å². The van der Waals surface area contributed by atoms with Gasteiger partial charge in [-0.05, 0) is 13.5 Å². The van der Waals surface area contributed by atoms with Gasteiger partial charge in [-0.2, -0.15) is 5.26 Å². The molecule has 21 heavy (non-hydrogen) atoms. The number of amides is 1. The Labute approximate surface area is 124 Å². The van der Waals surface area contributed by atoms with Crippen LogP contribution in [0.2, 0.25) is 0 Å². The maximum atomic E-state index is 11.9. The first-order valence-electron chi connectivity index (χ1n) is 7.11. The van der Waals surface area contributed by atoms with E-state index < -0.39 is 0 Å². The molecule has 0 bridgehead atoms. The molecule has 1 amide bonds. The molecule has 1 saturated heterocycles. The largest absolute Gasteiger partial charge is 0.369 e. The van der Waals surface area contributed by atoms with Gasteiger partial charge in [0.05, 0.1) is 6.20 Å². The Kier molecular flexibility index (Phi) is 5.46. The lowest BCUT2D eigenvalue weighted by Gasteiger charge is -2.20. The highest BCUT2D eigenvalue weighted by atomic mass is 16.2. The third kappa shape index (κ3) is 4.39. The minimum atomic E-state index is 0.221. The van der Waals surface area contributed by atoms with Crippen molar-refractivity contribution in [3.8, 4) is 6.07 Å². The Hall–Kier alpha value is -2.20. The number of nitrogens with zero attached hydrogens (tertiary/aromatic N) is 5. The minimum Gasteiger partial charge on any atom is -0.369 e. The molecule has 0 aromatic carbocycles. The molecule has 1 aromatic heterocycles. The van der Waals surface area contributed by atoms with Gasteiger partial charge in [0, 0.05) is 39.1 Å². The molecule has 0 aliphatic carbocycles. The first-order valence-corrected chi connectivity index (χ1v) is 7.11. The van der Waals surface area contributed by atoms with Crippen molar-refractivity contribution in [2.75, 3.05) is 45.1 Å². The monoisotopic (exact) mass is 288 g/mol. The maximum absolute atomic E-state index is 11.9. The fourth-order valence-corrected chi connectivity index (χ4v) is 2.24. The van der Waals surface area contributed by atoms with E-state index in [9.17, 15) is 4.79 Å². The lowest BCUT2D eigenvalue weighted by Crippen LogP contribution is -2.34. The van der Waals surface area contributed by atoms with Crippen LogP contribution in [0.3, 0.4) is 0 Å². The van der Waals surface area contributed by atoms with E-state index in [1.54, 1.807) is 0 Å². The summed E-state index contributed by atoms with van der Waals surface area (Å²) in [5.41, 5.74) is 0.435. The van der Waals surface area contributed by atoms with Crippen LogP contribution in [0.25, 0.3) is 0 Å². The molecule has 7 heteroatoms. The van der Waals surface area contributed by atoms with Crippen LogP contribution in [0.4, 0.5) is 5.82 Å². The van der Waals surface area contributed by atoms with Gasteiger partial charge in [-0.15, -0.1) is 0 Å². The molecular formula is C14H20N6O. The zero-order valence-electron chi connectivity index (χ0n) is 12.2. The second-order valence-corrected chi connectivity index (χ2v) is 5.11. The Morgan fingerprint density at radius 2 is 2.29 bits per heavy atom. The molecule has 1 fully saturated rings. The molecule has 0 unspecified atom stereocenters. The van der Waals surface area contributed by atoms with Gasteiger partial charge < -0.3 is 15.1 Å². The number of anilines is 1. The summed E-state index contributed by atoms with van der Waals surface area (Å²) in [5, 5.41) is 12.1. The molecule has 2 heterocycles. The summed E-state index contributed by atoms with van der Waals surface area (Å²) >= 11 is 0. The average Bonchev–Trinajstić information content (AvgIpc) is 2.67. The van der Waals surface area contributed by atoms with Gasteiger partial charge in [0.25, 0.3) is 0 Å². The fourth-order valence-electron chi connectivity index (χ4n) is 2.24. The van der Waals surface area contributed by atoms with E-state index in [1.165, 1.54) is 12.5 Å². The summed E-state index contributed by atoms with van der Waals surface area (Å²) in [5.74, 6) is 0.772. The third-order valence-electron chi connectivity index (χ3n) is 3.54. The van der Waals surface area contributed by atoms with Crippen LogP contribution < -0.4 is 5.32 Å². The van der Waals surface area contributed by atoms with Gasteiger partial charge in [-0.3, -0.25) is 4.79 Å². The number of likely N-dealkylation sites (N-methyl/N-ethyl adjacent to an activating group) is 1. The summed E-state index contributed by atoms with van der Waals surface area (Å²) in [6.07, 6.45) is 4.32. The number of hydrogen-bond acceptors (Lipinski definition) is 6. The number of carbonyl (C=O) groups excluding carboxylic acids is 1. The molecule has 7 nitrogen and oxygen atoms in total. The van der Waals surface area contributed by atoms with Crippen molar-refractivity contribution in [2.24, 2.45) is 0 Å². The summed E-state index contributed by atoms with van der Waals surface area (Å²) in [7, 11) is 2.04. The number of carbonyl (C=O) groups is 1. The first kappa shape index (κ1) is 15.2. The van der Waals surface area contributed by atoms with Gasteiger partial charge in [0.1, 0.15) is 23.8 Å². The third-order valence-corrected chi connectivity index (χ3v) is 3.54. The quantitative estimate of drug-likeness (QED) is 0.785. The standard InChI is InChI=1S/C14H20N6O/c1-19-6-3-13(21)20(8-7-19)5-2-4-17-14-12(9-15)10-16-11-18-14/h10-11H,2-8H2,1H3,(H,16,17,18). The van der Waals surface area contributed by atoms with Crippen molar-refractivity contribution < 1.29 is 4.79 Å². The van der Waals surface area contributed by atoms with Crippen LogP contribution in [0.1, 0.15) is 18.4 Å². The Morgan fingerprint density at radius 3 is 3.10 bits per heavy atom. The predicted molar refractivity (Wildman–Crippen MR) is 78.5 cm³/mol. The van der Waals surface area contributed by atoms with E-state index in [-0.39, 0.29) is 5.91 Å². The topological polar surface area (TPSA) is 85.2 Å². The molecule has 1 aromatic rings. The normalized spacial score (nSPS) is 16.4. The molecule has 1 N–H and O–H groups in total.